The molecule has 6 aromatic rings. The Hall–Kier alpha value is -5.56. The molecule has 0 radical (unpaired) electrons. The molecule has 43 heavy (non-hydrogen) atoms. The summed E-state index contributed by atoms with van der Waals surface area (Å²) in [6.45, 7) is 0. The molecule has 10 heteroatoms. The summed E-state index contributed by atoms with van der Waals surface area (Å²) in [6, 6.07) is 29.9. The molecule has 0 saturated carbocycles. The first-order chi connectivity index (χ1) is 20.1. The number of carbonyl (C=O) groups excluding carboxylic acids is 3. The van der Waals surface area contributed by atoms with E-state index in [-0.39, 0.29) is 51.3 Å². The number of hydrogen-bond acceptors (Lipinski definition) is 9. The first kappa shape index (κ1) is 32.0. The Kier molecular flexibility index (Phi) is 10.3. The van der Waals surface area contributed by atoms with E-state index in [9.17, 15) is 45.0 Å². The summed E-state index contributed by atoms with van der Waals surface area (Å²) in [5.74, 6) is -4.87. The second-order valence-electron chi connectivity index (χ2n) is 8.90. The Morgan fingerprint density at radius 3 is 0.860 bits per heavy atom. The summed E-state index contributed by atoms with van der Waals surface area (Å²) in [6.07, 6.45) is 0. The maximum atomic E-state index is 10.8. The molecule has 0 unspecified atom stereocenters. The zero-order valence-electron chi connectivity index (χ0n) is 22.3. The molecule has 0 atom stereocenters. The number of aromatic carboxylic acids is 3. The van der Waals surface area contributed by atoms with Crippen LogP contribution in [0.15, 0.2) is 109 Å². The van der Waals surface area contributed by atoms with Crippen molar-refractivity contribution in [1.82, 2.24) is 0 Å². The number of benzene rings is 6. The molecule has 0 bridgehead atoms. The van der Waals surface area contributed by atoms with Gasteiger partial charge in [0.1, 0.15) is 17.2 Å². The van der Waals surface area contributed by atoms with Crippen LogP contribution in [0.1, 0.15) is 31.1 Å². The molecule has 0 saturated heterocycles. The van der Waals surface area contributed by atoms with Crippen molar-refractivity contribution in [2.75, 3.05) is 0 Å². The van der Waals surface area contributed by atoms with Gasteiger partial charge in [0.05, 0.1) is 17.9 Å². The van der Waals surface area contributed by atoms with Crippen LogP contribution in [0, 0.1) is 0 Å². The molecular weight excluding hydrogens is 567 g/mol. The van der Waals surface area contributed by atoms with E-state index < -0.39 is 17.9 Å². The van der Waals surface area contributed by atoms with Crippen molar-refractivity contribution in [2.24, 2.45) is 0 Å². The standard InChI is InChI=1S/3C11H8O3.Al/c3*12-9-6-5-7-3-1-2-4-8(7)10(9)11(13)14;/h3*1-6,12H,(H,13,14);/q;;;+3/p-3. The molecule has 0 heterocycles. The van der Waals surface area contributed by atoms with Crippen molar-refractivity contribution in [1.29, 1.82) is 0 Å². The Bertz CT molecular complexity index is 1740. The van der Waals surface area contributed by atoms with Crippen LogP contribution in [-0.4, -0.2) is 50.6 Å². The van der Waals surface area contributed by atoms with Crippen LogP contribution in [-0.2, 0) is 0 Å². The number of fused-ring (bicyclic) bond motifs is 3. The van der Waals surface area contributed by atoms with Crippen LogP contribution in [0.25, 0.3) is 32.3 Å². The van der Waals surface area contributed by atoms with Gasteiger partial charge in [0.25, 0.3) is 0 Å². The Balaban J connectivity index is 0.000000175. The quantitative estimate of drug-likeness (QED) is 0.262. The van der Waals surface area contributed by atoms with Gasteiger partial charge in [-0.2, -0.15) is 0 Å². The molecular formula is C33H21AlO9. The van der Waals surface area contributed by atoms with Gasteiger partial charge in [0.2, 0.25) is 0 Å². The summed E-state index contributed by atoms with van der Waals surface area (Å²) < 4.78 is 0. The maximum absolute atomic E-state index is 10.8. The third-order valence-corrected chi connectivity index (χ3v) is 6.33. The topological polar surface area (TPSA) is 181 Å². The number of hydrogen-bond donors (Lipinski definition) is 3. The van der Waals surface area contributed by atoms with E-state index in [1.807, 2.05) is 0 Å². The van der Waals surface area contributed by atoms with Gasteiger partial charge in [-0.25, -0.2) is 0 Å². The Labute approximate surface area is 255 Å². The van der Waals surface area contributed by atoms with Gasteiger partial charge in [-0.3, -0.25) is 0 Å². The van der Waals surface area contributed by atoms with E-state index in [1.165, 1.54) is 18.2 Å². The number of carbonyl (C=O) groups is 3. The minimum Gasteiger partial charge on any atom is -0.545 e. The van der Waals surface area contributed by atoms with Crippen molar-refractivity contribution in [3.63, 3.8) is 0 Å². The number of phenols is 3. The molecule has 0 aliphatic heterocycles. The van der Waals surface area contributed by atoms with Gasteiger partial charge in [-0.05, 0) is 50.5 Å². The predicted octanol–water partition coefficient (Wildman–Crippen LogP) is 2.35. The van der Waals surface area contributed by atoms with Crippen LogP contribution >= 0.6 is 0 Å². The predicted molar refractivity (Wildman–Crippen MR) is 156 cm³/mol. The smallest absolute Gasteiger partial charge is 0.545 e. The average molecular weight is 589 g/mol. The number of rotatable bonds is 3. The van der Waals surface area contributed by atoms with Gasteiger partial charge in [-0.1, -0.05) is 91.0 Å². The fourth-order valence-corrected chi connectivity index (χ4v) is 4.42. The van der Waals surface area contributed by atoms with Crippen LogP contribution in [0.2, 0.25) is 0 Å². The Morgan fingerprint density at radius 1 is 0.395 bits per heavy atom. The number of aromatic hydroxyl groups is 3. The maximum Gasteiger partial charge on any atom is 3.00 e. The van der Waals surface area contributed by atoms with E-state index >= 15 is 0 Å². The minimum atomic E-state index is -1.36. The summed E-state index contributed by atoms with van der Waals surface area (Å²) in [5.41, 5.74) is -0.450. The fraction of sp³-hybridized carbons (Fsp3) is 0. The molecule has 6 rings (SSSR count). The van der Waals surface area contributed by atoms with E-state index in [1.54, 1.807) is 91.0 Å². The zero-order valence-corrected chi connectivity index (χ0v) is 23.4. The summed E-state index contributed by atoms with van der Waals surface area (Å²) in [4.78, 5) is 32.3. The molecule has 210 valence electrons. The second-order valence-corrected chi connectivity index (χ2v) is 8.90. The van der Waals surface area contributed by atoms with Crippen molar-refractivity contribution in [3.8, 4) is 17.2 Å². The normalized spacial score (nSPS) is 10.0. The second kappa shape index (κ2) is 13.9. The summed E-state index contributed by atoms with van der Waals surface area (Å²) in [5, 5.41) is 64.2. The van der Waals surface area contributed by atoms with Crippen LogP contribution in [0.4, 0.5) is 0 Å². The number of carboxylic acids is 3. The van der Waals surface area contributed by atoms with E-state index in [4.69, 9.17) is 0 Å². The fourth-order valence-electron chi connectivity index (χ4n) is 4.42. The third-order valence-electron chi connectivity index (χ3n) is 6.33. The van der Waals surface area contributed by atoms with Crippen molar-refractivity contribution < 1.29 is 45.0 Å². The average Bonchev–Trinajstić information content (AvgIpc) is 2.97. The van der Waals surface area contributed by atoms with Gasteiger partial charge in [-0.15, -0.1) is 0 Å². The van der Waals surface area contributed by atoms with E-state index in [0.717, 1.165) is 16.2 Å². The van der Waals surface area contributed by atoms with Crippen molar-refractivity contribution in [2.45, 2.75) is 0 Å². The largest absolute Gasteiger partial charge is 3.00 e. The summed E-state index contributed by atoms with van der Waals surface area (Å²) >= 11 is 0. The zero-order chi connectivity index (χ0) is 30.4. The van der Waals surface area contributed by atoms with Crippen LogP contribution in [0.5, 0.6) is 17.2 Å². The van der Waals surface area contributed by atoms with Gasteiger partial charge in [0.15, 0.2) is 0 Å². The van der Waals surface area contributed by atoms with E-state index in [0.29, 0.717) is 16.2 Å². The molecule has 0 aromatic heterocycles. The summed E-state index contributed by atoms with van der Waals surface area (Å²) in [7, 11) is 0. The van der Waals surface area contributed by atoms with Gasteiger partial charge in [0, 0.05) is 16.7 Å². The van der Waals surface area contributed by atoms with E-state index in [2.05, 4.69) is 0 Å². The minimum absolute atomic E-state index is 0. The molecule has 0 spiro atoms. The van der Waals surface area contributed by atoms with Gasteiger partial charge >= 0.3 is 17.4 Å². The molecule has 9 nitrogen and oxygen atoms in total. The van der Waals surface area contributed by atoms with Crippen molar-refractivity contribution >= 4 is 67.6 Å². The molecule has 0 amide bonds. The van der Waals surface area contributed by atoms with Crippen molar-refractivity contribution in [3.05, 3.63) is 126 Å². The monoisotopic (exact) mass is 588 g/mol. The molecule has 6 aromatic carbocycles. The molecule has 0 fully saturated rings. The van der Waals surface area contributed by atoms with Gasteiger partial charge < -0.3 is 45.0 Å². The molecule has 0 aliphatic carbocycles. The number of carboxylic acid groups (broad SMARTS) is 3. The first-order valence-electron chi connectivity index (χ1n) is 12.4. The first-order valence-corrected chi connectivity index (χ1v) is 12.4. The molecule has 3 N–H and O–H groups in total. The van der Waals surface area contributed by atoms with Crippen LogP contribution in [0.3, 0.4) is 0 Å². The SMILES string of the molecule is O=C([O-])c1c(O)ccc2ccccc12.O=C([O-])c1c(O)ccc2ccccc12.O=C([O-])c1c(O)ccc2ccccc12.[Al+3]. The molecule has 0 aliphatic rings. The third kappa shape index (κ3) is 7.03. The van der Waals surface area contributed by atoms with Crippen LogP contribution < -0.4 is 15.3 Å². The Morgan fingerprint density at radius 2 is 0.628 bits per heavy atom.